The molecule has 1 aromatic rings. The van der Waals surface area contributed by atoms with Crippen LogP contribution >= 0.6 is 0 Å². The molecule has 0 bridgehead atoms. The van der Waals surface area contributed by atoms with E-state index in [1.165, 1.54) is 18.3 Å². The third-order valence-electron chi connectivity index (χ3n) is 1.37. The zero-order valence-corrected chi connectivity index (χ0v) is 7.66. The molecule has 0 amide bonds. The largest absolute Gasteiger partial charge is 0.456 e. The van der Waals surface area contributed by atoms with Crippen LogP contribution in [0.2, 0.25) is 0 Å². The maximum atomic E-state index is 10.8. The van der Waals surface area contributed by atoms with Gasteiger partial charge < -0.3 is 9.72 Å². The number of esters is 1. The molecule has 0 atom stereocenters. The molecule has 0 aliphatic rings. The molecule has 4 nitrogen and oxygen atoms in total. The number of aromatic nitrogens is 1. The second kappa shape index (κ2) is 4.87. The lowest BCUT2D eigenvalue weighted by Crippen LogP contribution is -2.02. The lowest BCUT2D eigenvalue weighted by atomic mass is 10.3. The molecule has 0 aromatic carbocycles. The van der Waals surface area contributed by atoms with Crippen LogP contribution in [-0.2, 0) is 9.53 Å². The second-order valence-corrected chi connectivity index (χ2v) is 2.41. The molecule has 72 valence electrons. The first-order chi connectivity index (χ1) is 6.72. The number of nitrogens with one attached hydrogen (secondary N) is 1. The Morgan fingerprint density at radius 1 is 1.57 bits per heavy atom. The van der Waals surface area contributed by atoms with Crippen LogP contribution in [0.15, 0.2) is 23.1 Å². The summed E-state index contributed by atoms with van der Waals surface area (Å²) in [4.78, 5) is 23.9. The zero-order chi connectivity index (χ0) is 10.4. The maximum absolute atomic E-state index is 10.8. The first-order valence-corrected chi connectivity index (χ1v) is 4.10. The smallest absolute Gasteiger partial charge is 0.384 e. The number of ether oxygens (including phenoxy) is 1. The number of aromatic amines is 1. The summed E-state index contributed by atoms with van der Waals surface area (Å²) in [5.41, 5.74) is 0.365. The Balaban J connectivity index is 2.73. The number of hydrogen-bond donors (Lipinski definition) is 1. The maximum Gasteiger partial charge on any atom is 0.384 e. The van der Waals surface area contributed by atoms with Crippen LogP contribution in [0.25, 0.3) is 0 Å². The van der Waals surface area contributed by atoms with E-state index in [1.807, 2.05) is 0 Å². The zero-order valence-electron chi connectivity index (χ0n) is 7.66. The van der Waals surface area contributed by atoms with Gasteiger partial charge in [0.1, 0.15) is 0 Å². The summed E-state index contributed by atoms with van der Waals surface area (Å²) in [6, 6.07) is 2.88. The van der Waals surface area contributed by atoms with Crippen molar-refractivity contribution in [1.82, 2.24) is 4.98 Å². The topological polar surface area (TPSA) is 59.2 Å². The molecule has 1 rings (SSSR count). The Labute approximate surface area is 80.9 Å². The summed E-state index contributed by atoms with van der Waals surface area (Å²) in [5.74, 6) is 4.28. The van der Waals surface area contributed by atoms with Gasteiger partial charge in [-0.25, -0.2) is 4.79 Å². The van der Waals surface area contributed by atoms with Crippen molar-refractivity contribution in [2.45, 2.75) is 6.92 Å². The number of pyridine rings is 1. The van der Waals surface area contributed by atoms with E-state index in [4.69, 9.17) is 0 Å². The molecule has 1 aromatic heterocycles. The van der Waals surface area contributed by atoms with Crippen LogP contribution in [0.3, 0.4) is 0 Å². The van der Waals surface area contributed by atoms with Gasteiger partial charge in [0.2, 0.25) is 5.56 Å². The fourth-order valence-electron chi connectivity index (χ4n) is 0.779. The predicted octanol–water partition coefficient (Wildman–Crippen LogP) is 0.290. The molecule has 1 N–H and O–H groups in total. The van der Waals surface area contributed by atoms with Gasteiger partial charge in [-0.15, -0.1) is 0 Å². The molecule has 0 spiro atoms. The van der Waals surface area contributed by atoms with E-state index in [2.05, 4.69) is 21.6 Å². The van der Waals surface area contributed by atoms with Gasteiger partial charge in [-0.1, -0.05) is 5.92 Å². The van der Waals surface area contributed by atoms with Crippen molar-refractivity contribution in [3.63, 3.8) is 0 Å². The van der Waals surface area contributed by atoms with Crippen LogP contribution in [0.1, 0.15) is 12.5 Å². The van der Waals surface area contributed by atoms with E-state index in [1.54, 1.807) is 6.92 Å². The van der Waals surface area contributed by atoms with Gasteiger partial charge in [0.25, 0.3) is 0 Å². The molecule has 1 heterocycles. The normalized spacial score (nSPS) is 8.64. The molecule has 0 radical (unpaired) electrons. The lowest BCUT2D eigenvalue weighted by Gasteiger charge is -1.91. The Morgan fingerprint density at radius 2 is 2.36 bits per heavy atom. The molecule has 14 heavy (non-hydrogen) atoms. The van der Waals surface area contributed by atoms with Gasteiger partial charge >= 0.3 is 5.97 Å². The van der Waals surface area contributed by atoms with E-state index >= 15 is 0 Å². The van der Waals surface area contributed by atoms with Crippen LogP contribution in [0, 0.1) is 11.8 Å². The number of H-pyrrole nitrogens is 1. The molecule has 4 heteroatoms. The summed E-state index contributed by atoms with van der Waals surface area (Å²) in [6.07, 6.45) is 1.44. The van der Waals surface area contributed by atoms with Crippen molar-refractivity contribution in [2.24, 2.45) is 0 Å². The average Bonchev–Trinajstić information content (AvgIpc) is 2.17. The highest BCUT2D eigenvalue weighted by molar-refractivity contribution is 5.89. The fourth-order valence-corrected chi connectivity index (χ4v) is 0.779. The van der Waals surface area contributed by atoms with Crippen molar-refractivity contribution in [1.29, 1.82) is 0 Å². The quantitative estimate of drug-likeness (QED) is 0.512. The minimum Gasteiger partial charge on any atom is -0.456 e. The lowest BCUT2D eigenvalue weighted by molar-refractivity contribution is -0.136. The van der Waals surface area contributed by atoms with Gasteiger partial charge in [0, 0.05) is 23.7 Å². The van der Waals surface area contributed by atoms with Gasteiger partial charge in [-0.05, 0) is 13.0 Å². The van der Waals surface area contributed by atoms with Crippen molar-refractivity contribution in [2.75, 3.05) is 6.61 Å². The number of rotatable bonds is 1. The highest BCUT2D eigenvalue weighted by Gasteiger charge is 1.92. The van der Waals surface area contributed by atoms with Crippen LogP contribution in [-0.4, -0.2) is 17.6 Å². The Morgan fingerprint density at radius 3 is 2.93 bits per heavy atom. The van der Waals surface area contributed by atoms with Crippen molar-refractivity contribution in [3.8, 4) is 11.8 Å². The highest BCUT2D eigenvalue weighted by Crippen LogP contribution is 1.88. The number of hydrogen-bond acceptors (Lipinski definition) is 3. The summed E-state index contributed by atoms with van der Waals surface area (Å²) < 4.78 is 4.60. The van der Waals surface area contributed by atoms with E-state index in [0.717, 1.165) is 0 Å². The summed E-state index contributed by atoms with van der Waals surface area (Å²) >= 11 is 0. The predicted molar refractivity (Wildman–Crippen MR) is 50.6 cm³/mol. The van der Waals surface area contributed by atoms with E-state index in [0.29, 0.717) is 12.2 Å². The highest BCUT2D eigenvalue weighted by atomic mass is 16.5. The third-order valence-corrected chi connectivity index (χ3v) is 1.37. The third kappa shape index (κ3) is 3.15. The molecular formula is C10H9NO3. The molecule has 0 saturated carbocycles. The number of carbonyl (C=O) groups excluding carboxylic acids is 1. The Bertz CT molecular complexity index is 416. The Hall–Kier alpha value is -2.02. The molecule has 0 saturated heterocycles. The second-order valence-electron chi connectivity index (χ2n) is 2.41. The van der Waals surface area contributed by atoms with Crippen LogP contribution < -0.4 is 5.56 Å². The minimum absolute atomic E-state index is 0.202. The van der Waals surface area contributed by atoms with Crippen LogP contribution in [0.5, 0.6) is 0 Å². The molecule has 0 fully saturated rings. The summed E-state index contributed by atoms with van der Waals surface area (Å²) in [6.45, 7) is 2.01. The standard InChI is InChI=1S/C10H9NO3/c1-2-14-10(13)6-4-8-3-5-9(12)11-7-8/h3,5,7H,2H2,1H3,(H,11,12). The van der Waals surface area contributed by atoms with Gasteiger partial charge in [-0.3, -0.25) is 4.79 Å². The Kier molecular flexibility index (Phi) is 3.50. The van der Waals surface area contributed by atoms with E-state index in [9.17, 15) is 9.59 Å². The molecule has 0 aliphatic heterocycles. The van der Waals surface area contributed by atoms with Gasteiger partial charge in [0.05, 0.1) is 6.61 Å². The molecule has 0 aliphatic carbocycles. The molecule has 0 unspecified atom stereocenters. The SMILES string of the molecule is CCOC(=O)C#Cc1ccc(=O)[nH]c1. The van der Waals surface area contributed by atoms with Crippen molar-refractivity contribution in [3.05, 3.63) is 34.2 Å². The summed E-state index contributed by atoms with van der Waals surface area (Å²) in [7, 11) is 0. The molecular weight excluding hydrogens is 182 g/mol. The van der Waals surface area contributed by atoms with Crippen molar-refractivity contribution < 1.29 is 9.53 Å². The monoisotopic (exact) mass is 191 g/mol. The first-order valence-electron chi connectivity index (χ1n) is 4.10. The minimum atomic E-state index is -0.571. The van der Waals surface area contributed by atoms with E-state index < -0.39 is 5.97 Å². The van der Waals surface area contributed by atoms with Gasteiger partial charge in [-0.2, -0.15) is 0 Å². The number of carbonyl (C=O) groups is 1. The van der Waals surface area contributed by atoms with Crippen LogP contribution in [0.4, 0.5) is 0 Å². The van der Waals surface area contributed by atoms with Gasteiger partial charge in [0.15, 0.2) is 0 Å². The first kappa shape index (κ1) is 10.1. The fraction of sp³-hybridized carbons (Fsp3) is 0.200. The average molecular weight is 191 g/mol. The summed E-state index contributed by atoms with van der Waals surface area (Å²) in [5, 5.41) is 0. The van der Waals surface area contributed by atoms with E-state index in [-0.39, 0.29) is 5.56 Å². The van der Waals surface area contributed by atoms with Crippen molar-refractivity contribution >= 4 is 5.97 Å².